The number of hydrogen-bond donors (Lipinski definition) is 2. The molecule has 0 saturated heterocycles. The van der Waals surface area contributed by atoms with Crippen LogP contribution in [0.25, 0.3) is 10.8 Å². The molecule has 0 bridgehead atoms. The smallest absolute Gasteiger partial charge is 0.126 e. The van der Waals surface area contributed by atoms with Gasteiger partial charge in [0.15, 0.2) is 0 Å². The predicted molar refractivity (Wildman–Crippen MR) is 64.5 cm³/mol. The third-order valence-electron chi connectivity index (χ3n) is 2.73. The largest absolute Gasteiger partial charge is 0.496 e. The zero-order valence-electron chi connectivity index (χ0n) is 9.18. The second-order valence-electron chi connectivity index (χ2n) is 3.69. The Morgan fingerprint density at radius 1 is 1.19 bits per heavy atom. The van der Waals surface area contributed by atoms with Crippen molar-refractivity contribution in [3.8, 4) is 5.75 Å². The minimum atomic E-state index is -0.351. The van der Waals surface area contributed by atoms with E-state index in [1.165, 1.54) is 0 Å². The summed E-state index contributed by atoms with van der Waals surface area (Å²) in [5.74, 6) is 0.824. The number of methoxy groups -OCH3 is 1. The zero-order valence-corrected chi connectivity index (χ0v) is 9.18. The summed E-state index contributed by atoms with van der Waals surface area (Å²) in [6.07, 6.45) is 0. The Morgan fingerprint density at radius 2 is 1.88 bits per heavy atom. The maximum Gasteiger partial charge on any atom is 0.126 e. The van der Waals surface area contributed by atoms with E-state index < -0.39 is 0 Å². The van der Waals surface area contributed by atoms with Gasteiger partial charge in [-0.3, -0.25) is 0 Å². The number of aliphatic hydroxyl groups is 1. The molecule has 84 valence electrons. The Morgan fingerprint density at radius 3 is 2.50 bits per heavy atom. The Kier molecular flexibility index (Phi) is 3.08. The van der Waals surface area contributed by atoms with Gasteiger partial charge in [0.05, 0.1) is 19.8 Å². The summed E-state index contributed by atoms with van der Waals surface area (Å²) in [5.41, 5.74) is 6.80. The lowest BCUT2D eigenvalue weighted by atomic mass is 9.99. The van der Waals surface area contributed by atoms with Gasteiger partial charge in [0, 0.05) is 5.39 Å². The first-order valence-electron chi connectivity index (χ1n) is 5.20. The maximum absolute atomic E-state index is 9.12. The molecular weight excluding hydrogens is 202 g/mol. The number of rotatable bonds is 3. The van der Waals surface area contributed by atoms with Crippen molar-refractivity contribution >= 4 is 10.8 Å². The van der Waals surface area contributed by atoms with Gasteiger partial charge in [0.2, 0.25) is 0 Å². The molecule has 0 amide bonds. The van der Waals surface area contributed by atoms with Crippen molar-refractivity contribution in [3.63, 3.8) is 0 Å². The summed E-state index contributed by atoms with van der Waals surface area (Å²) in [6, 6.07) is 11.3. The number of benzene rings is 2. The molecular formula is C13H15NO2. The van der Waals surface area contributed by atoms with Gasteiger partial charge in [-0.15, -0.1) is 0 Å². The molecule has 2 aromatic rings. The SMILES string of the molecule is COc1ccc([C@H](N)CO)c2ccccc12. The highest BCUT2D eigenvalue weighted by Crippen LogP contribution is 2.30. The number of nitrogens with two attached hydrogens (primary N) is 1. The Hall–Kier alpha value is -1.58. The summed E-state index contributed by atoms with van der Waals surface area (Å²) in [6.45, 7) is -0.0592. The van der Waals surface area contributed by atoms with Crippen molar-refractivity contribution in [3.05, 3.63) is 42.0 Å². The van der Waals surface area contributed by atoms with Crippen LogP contribution in [0.1, 0.15) is 11.6 Å². The number of ether oxygens (including phenoxy) is 1. The van der Waals surface area contributed by atoms with Gasteiger partial charge in [-0.25, -0.2) is 0 Å². The van der Waals surface area contributed by atoms with Crippen molar-refractivity contribution in [2.45, 2.75) is 6.04 Å². The molecule has 0 radical (unpaired) electrons. The first-order chi connectivity index (χ1) is 7.77. The van der Waals surface area contributed by atoms with Gasteiger partial charge in [0.25, 0.3) is 0 Å². The van der Waals surface area contributed by atoms with Crippen LogP contribution in [0.4, 0.5) is 0 Å². The second kappa shape index (κ2) is 4.51. The highest BCUT2D eigenvalue weighted by Gasteiger charge is 2.10. The zero-order chi connectivity index (χ0) is 11.5. The molecule has 2 aromatic carbocycles. The minimum absolute atomic E-state index is 0.0592. The van der Waals surface area contributed by atoms with Gasteiger partial charge < -0.3 is 15.6 Å². The molecule has 0 aliphatic heterocycles. The Balaban J connectivity index is 2.69. The van der Waals surface area contributed by atoms with E-state index in [0.717, 1.165) is 22.1 Å². The summed E-state index contributed by atoms with van der Waals surface area (Å²) < 4.78 is 5.29. The van der Waals surface area contributed by atoms with Crippen LogP contribution in [0.5, 0.6) is 5.75 Å². The quantitative estimate of drug-likeness (QED) is 0.824. The molecule has 16 heavy (non-hydrogen) atoms. The second-order valence-corrected chi connectivity index (χ2v) is 3.69. The van der Waals surface area contributed by atoms with Crippen LogP contribution in [0, 0.1) is 0 Å². The van der Waals surface area contributed by atoms with Crippen molar-refractivity contribution in [2.24, 2.45) is 5.73 Å². The molecule has 0 spiro atoms. The summed E-state index contributed by atoms with van der Waals surface area (Å²) in [4.78, 5) is 0. The molecule has 0 aliphatic rings. The number of hydrogen-bond acceptors (Lipinski definition) is 3. The van der Waals surface area contributed by atoms with Crippen molar-refractivity contribution in [1.82, 2.24) is 0 Å². The van der Waals surface area contributed by atoms with E-state index >= 15 is 0 Å². The van der Waals surface area contributed by atoms with Gasteiger partial charge in [-0.2, -0.15) is 0 Å². The first kappa shape index (κ1) is 10.9. The molecule has 0 fully saturated rings. The molecule has 1 atom stereocenters. The van der Waals surface area contributed by atoms with E-state index in [1.807, 2.05) is 36.4 Å². The fraction of sp³-hybridized carbons (Fsp3) is 0.231. The normalized spacial score (nSPS) is 12.7. The van der Waals surface area contributed by atoms with Crippen LogP contribution >= 0.6 is 0 Å². The fourth-order valence-corrected chi connectivity index (χ4v) is 1.89. The van der Waals surface area contributed by atoms with Crippen molar-refractivity contribution in [2.75, 3.05) is 13.7 Å². The summed E-state index contributed by atoms with van der Waals surface area (Å²) in [5, 5.41) is 11.2. The molecule has 3 nitrogen and oxygen atoms in total. The molecule has 0 saturated carbocycles. The Bertz CT molecular complexity index is 496. The third-order valence-corrected chi connectivity index (χ3v) is 2.73. The lowest BCUT2D eigenvalue weighted by Gasteiger charge is -2.14. The Labute approximate surface area is 94.5 Å². The average Bonchev–Trinajstić information content (AvgIpc) is 2.36. The molecule has 3 heteroatoms. The summed E-state index contributed by atoms with van der Waals surface area (Å²) >= 11 is 0. The fourth-order valence-electron chi connectivity index (χ4n) is 1.89. The lowest BCUT2D eigenvalue weighted by Crippen LogP contribution is -2.14. The maximum atomic E-state index is 9.12. The highest BCUT2D eigenvalue weighted by molar-refractivity contribution is 5.91. The van der Waals surface area contributed by atoms with Gasteiger partial charge in [-0.05, 0) is 17.0 Å². The minimum Gasteiger partial charge on any atom is -0.496 e. The van der Waals surface area contributed by atoms with Gasteiger partial charge >= 0.3 is 0 Å². The third kappa shape index (κ3) is 1.75. The van der Waals surface area contributed by atoms with E-state index in [9.17, 15) is 0 Å². The van der Waals surface area contributed by atoms with Crippen LogP contribution < -0.4 is 10.5 Å². The van der Waals surface area contributed by atoms with Crippen LogP contribution in [-0.2, 0) is 0 Å². The van der Waals surface area contributed by atoms with Crippen molar-refractivity contribution in [1.29, 1.82) is 0 Å². The molecule has 0 heterocycles. The van der Waals surface area contributed by atoms with Crippen LogP contribution in [-0.4, -0.2) is 18.8 Å². The van der Waals surface area contributed by atoms with Crippen LogP contribution in [0.3, 0.4) is 0 Å². The lowest BCUT2D eigenvalue weighted by molar-refractivity contribution is 0.268. The first-order valence-corrected chi connectivity index (χ1v) is 5.20. The molecule has 0 aromatic heterocycles. The van der Waals surface area contributed by atoms with Crippen LogP contribution in [0.15, 0.2) is 36.4 Å². The molecule has 2 rings (SSSR count). The van der Waals surface area contributed by atoms with E-state index in [0.29, 0.717) is 0 Å². The standard InChI is InChI=1S/C13H15NO2/c1-16-13-7-6-10(12(14)8-15)9-4-2-3-5-11(9)13/h2-7,12,15H,8,14H2,1H3/t12-/m1/s1. The number of fused-ring (bicyclic) bond motifs is 1. The van der Waals surface area contributed by atoms with E-state index in [4.69, 9.17) is 15.6 Å². The highest BCUT2D eigenvalue weighted by atomic mass is 16.5. The molecule has 0 unspecified atom stereocenters. The van der Waals surface area contributed by atoms with Crippen LogP contribution in [0.2, 0.25) is 0 Å². The van der Waals surface area contributed by atoms with Gasteiger partial charge in [-0.1, -0.05) is 30.3 Å². The van der Waals surface area contributed by atoms with Crippen molar-refractivity contribution < 1.29 is 9.84 Å². The topological polar surface area (TPSA) is 55.5 Å². The van der Waals surface area contributed by atoms with E-state index in [1.54, 1.807) is 7.11 Å². The molecule has 0 aliphatic carbocycles. The van der Waals surface area contributed by atoms with E-state index in [2.05, 4.69) is 0 Å². The number of aliphatic hydroxyl groups excluding tert-OH is 1. The van der Waals surface area contributed by atoms with E-state index in [-0.39, 0.29) is 12.6 Å². The van der Waals surface area contributed by atoms with Gasteiger partial charge in [0.1, 0.15) is 5.75 Å². The summed E-state index contributed by atoms with van der Waals surface area (Å²) in [7, 11) is 1.65. The molecule has 3 N–H and O–H groups in total. The average molecular weight is 217 g/mol. The monoisotopic (exact) mass is 217 g/mol. The predicted octanol–water partition coefficient (Wildman–Crippen LogP) is 1.84.